The maximum absolute atomic E-state index is 13.3. The van der Waals surface area contributed by atoms with Crippen LogP contribution in [0.1, 0.15) is 61.2 Å². The summed E-state index contributed by atoms with van der Waals surface area (Å²) in [6.07, 6.45) is 2.82. The number of Topliss-reactive ketones (excluding diaryl/α,β-unsaturated/α-hetero) is 1. The minimum Gasteiger partial charge on any atom is -0.508 e. The number of hydrogen-bond acceptors (Lipinski definition) is 6. The van der Waals surface area contributed by atoms with E-state index in [0.717, 1.165) is 12.0 Å². The molecule has 33 heavy (non-hydrogen) atoms. The molecule has 6 nitrogen and oxygen atoms in total. The molecule has 0 aliphatic carbocycles. The largest absolute Gasteiger partial charge is 0.508 e. The number of hydrogen-bond donors (Lipinski definition) is 2. The van der Waals surface area contributed by atoms with Gasteiger partial charge in [-0.05, 0) is 51.7 Å². The van der Waals surface area contributed by atoms with Gasteiger partial charge in [-0.2, -0.15) is 0 Å². The van der Waals surface area contributed by atoms with Crippen LogP contribution in [-0.4, -0.2) is 30.2 Å². The van der Waals surface area contributed by atoms with E-state index in [1.54, 1.807) is 6.07 Å². The molecule has 0 bridgehead atoms. The molecule has 2 aromatic rings. The van der Waals surface area contributed by atoms with Crippen LogP contribution in [0.5, 0.6) is 28.7 Å². The van der Waals surface area contributed by atoms with E-state index in [-0.39, 0.29) is 35.4 Å². The van der Waals surface area contributed by atoms with Crippen molar-refractivity contribution in [3.05, 3.63) is 64.8 Å². The first-order valence-corrected chi connectivity index (χ1v) is 10.9. The van der Waals surface area contributed by atoms with E-state index in [9.17, 15) is 15.0 Å². The monoisotopic (exact) mass is 452 g/mol. The zero-order valence-electron chi connectivity index (χ0n) is 19.9. The summed E-state index contributed by atoms with van der Waals surface area (Å²) in [6.45, 7) is 10.2. The topological polar surface area (TPSA) is 85.2 Å². The molecular formula is C27H32O6. The van der Waals surface area contributed by atoms with E-state index in [0.29, 0.717) is 34.6 Å². The smallest absolute Gasteiger partial charge is 0.174 e. The van der Waals surface area contributed by atoms with Crippen molar-refractivity contribution in [1.29, 1.82) is 0 Å². The van der Waals surface area contributed by atoms with Gasteiger partial charge < -0.3 is 24.4 Å². The van der Waals surface area contributed by atoms with Crippen LogP contribution in [0.4, 0.5) is 0 Å². The van der Waals surface area contributed by atoms with Crippen molar-refractivity contribution < 1.29 is 29.2 Å². The van der Waals surface area contributed by atoms with Crippen LogP contribution in [-0.2, 0) is 6.42 Å². The van der Waals surface area contributed by atoms with Crippen LogP contribution in [0.2, 0.25) is 0 Å². The van der Waals surface area contributed by atoms with Crippen molar-refractivity contribution >= 4 is 5.78 Å². The number of phenolic OH excluding ortho intramolecular Hbond substituents is 2. The highest BCUT2D eigenvalue weighted by atomic mass is 16.5. The Bertz CT molecular complexity index is 1090. The second kappa shape index (κ2) is 10.0. The lowest BCUT2D eigenvalue weighted by molar-refractivity contribution is 0.0838. The van der Waals surface area contributed by atoms with Gasteiger partial charge >= 0.3 is 0 Å². The number of carbonyl (C=O) groups excluding carboxylic acids is 1. The number of rotatable bonds is 8. The minimum absolute atomic E-state index is 0.0140. The minimum atomic E-state index is -0.633. The summed E-state index contributed by atoms with van der Waals surface area (Å²) < 4.78 is 17.2. The van der Waals surface area contributed by atoms with Gasteiger partial charge in [-0.1, -0.05) is 23.8 Å². The molecule has 176 valence electrons. The van der Waals surface area contributed by atoms with Gasteiger partial charge in [0.05, 0.1) is 20.6 Å². The number of aromatic hydroxyl groups is 2. The van der Waals surface area contributed by atoms with E-state index in [1.807, 2.05) is 20.8 Å². The molecule has 0 unspecified atom stereocenters. The normalized spacial score (nSPS) is 15.8. The third-order valence-electron chi connectivity index (χ3n) is 5.98. The van der Waals surface area contributed by atoms with Crippen LogP contribution in [0, 0.1) is 5.92 Å². The molecule has 0 saturated heterocycles. The van der Waals surface area contributed by atoms with Crippen molar-refractivity contribution in [2.45, 2.75) is 46.1 Å². The van der Waals surface area contributed by atoms with E-state index < -0.39 is 6.10 Å². The van der Waals surface area contributed by atoms with Crippen LogP contribution in [0.25, 0.3) is 0 Å². The fraction of sp³-hybridized carbons (Fsp3) is 0.370. The van der Waals surface area contributed by atoms with Gasteiger partial charge in [-0.25, -0.2) is 0 Å². The molecule has 6 heteroatoms. The van der Waals surface area contributed by atoms with Crippen molar-refractivity contribution in [1.82, 2.24) is 0 Å². The van der Waals surface area contributed by atoms with Crippen LogP contribution in [0.15, 0.2) is 48.1 Å². The molecule has 0 spiro atoms. The fourth-order valence-electron chi connectivity index (χ4n) is 4.09. The summed E-state index contributed by atoms with van der Waals surface area (Å²) in [6, 6.07) is 6.18. The Morgan fingerprint density at radius 2 is 1.88 bits per heavy atom. The number of carbonyl (C=O) groups is 1. The molecule has 2 N–H and O–H groups in total. The number of ketones is 1. The molecule has 2 aromatic carbocycles. The lowest BCUT2D eigenvalue weighted by Gasteiger charge is -2.30. The summed E-state index contributed by atoms with van der Waals surface area (Å²) in [4.78, 5) is 13.3. The highest BCUT2D eigenvalue weighted by Gasteiger charge is 2.35. The molecule has 0 saturated carbocycles. The quantitative estimate of drug-likeness (QED) is 0.484. The SMILES string of the molecule is C=C(C)[C@H](CC=C(C)C)Cc1c(O)cc(OC)c2c1O[C@H](c1ccc(O)cc1OC)CC2=O. The average molecular weight is 453 g/mol. The Kier molecular flexibility index (Phi) is 7.36. The molecular weight excluding hydrogens is 420 g/mol. The van der Waals surface area contributed by atoms with Crippen LogP contribution >= 0.6 is 0 Å². The zero-order valence-corrected chi connectivity index (χ0v) is 19.9. The van der Waals surface area contributed by atoms with Gasteiger partial charge in [0, 0.05) is 23.3 Å². The Morgan fingerprint density at radius 1 is 1.18 bits per heavy atom. The maximum Gasteiger partial charge on any atom is 0.174 e. The first-order valence-electron chi connectivity index (χ1n) is 10.9. The second-order valence-electron chi connectivity index (χ2n) is 8.71. The number of allylic oxidation sites excluding steroid dienone is 3. The Morgan fingerprint density at radius 3 is 2.48 bits per heavy atom. The third kappa shape index (κ3) is 5.16. The van der Waals surface area contributed by atoms with E-state index >= 15 is 0 Å². The van der Waals surface area contributed by atoms with Gasteiger partial charge in [0.15, 0.2) is 5.78 Å². The average Bonchev–Trinajstić information content (AvgIpc) is 2.76. The predicted octanol–water partition coefficient (Wildman–Crippen LogP) is 5.91. The summed E-state index contributed by atoms with van der Waals surface area (Å²) >= 11 is 0. The van der Waals surface area contributed by atoms with Crippen LogP contribution in [0.3, 0.4) is 0 Å². The molecule has 3 rings (SSSR count). The number of ether oxygens (including phenoxy) is 3. The molecule has 0 fully saturated rings. The van der Waals surface area contributed by atoms with Gasteiger partial charge in [0.1, 0.15) is 40.4 Å². The molecule has 1 aliphatic rings. The number of benzene rings is 2. The molecule has 1 aliphatic heterocycles. The second-order valence-corrected chi connectivity index (χ2v) is 8.71. The zero-order chi connectivity index (χ0) is 24.3. The Balaban J connectivity index is 2.10. The third-order valence-corrected chi connectivity index (χ3v) is 5.98. The molecule has 0 aromatic heterocycles. The summed E-state index contributed by atoms with van der Waals surface area (Å²) in [7, 11) is 2.96. The van der Waals surface area contributed by atoms with Crippen molar-refractivity contribution in [3.63, 3.8) is 0 Å². The predicted molar refractivity (Wildman–Crippen MR) is 128 cm³/mol. The summed E-state index contributed by atoms with van der Waals surface area (Å²) in [5, 5.41) is 20.7. The Labute approximate surface area is 195 Å². The van der Waals surface area contributed by atoms with Gasteiger partial charge in [0.2, 0.25) is 0 Å². The van der Waals surface area contributed by atoms with E-state index in [4.69, 9.17) is 14.2 Å². The Hall–Kier alpha value is -3.41. The lowest BCUT2D eigenvalue weighted by Crippen LogP contribution is -2.23. The standard InChI is InChI=1S/C27H32O6/c1-15(2)7-8-17(16(3)4)11-20-21(29)13-25(32-6)26-22(30)14-24(33-27(20)26)19-10-9-18(28)12-23(19)31-5/h7,9-10,12-13,17,24,28-29H,3,8,11,14H2,1-2,4-6H3/t17-,24+/m1/s1. The van der Waals surface area contributed by atoms with Crippen molar-refractivity contribution in [3.8, 4) is 28.7 Å². The van der Waals surface area contributed by atoms with Crippen molar-refractivity contribution in [2.24, 2.45) is 5.92 Å². The van der Waals surface area contributed by atoms with Gasteiger partial charge in [-0.3, -0.25) is 4.79 Å². The van der Waals surface area contributed by atoms with Crippen molar-refractivity contribution in [2.75, 3.05) is 14.2 Å². The summed E-state index contributed by atoms with van der Waals surface area (Å²) in [5.41, 5.74) is 3.71. The molecule has 1 heterocycles. The van der Waals surface area contributed by atoms with Gasteiger partial charge in [-0.15, -0.1) is 0 Å². The fourth-order valence-corrected chi connectivity index (χ4v) is 4.09. The maximum atomic E-state index is 13.3. The molecule has 0 amide bonds. The molecule has 2 atom stereocenters. The number of methoxy groups -OCH3 is 2. The lowest BCUT2D eigenvalue weighted by atomic mass is 9.86. The first kappa shape index (κ1) is 24.2. The first-order chi connectivity index (χ1) is 15.7. The molecule has 0 radical (unpaired) electrons. The van der Waals surface area contributed by atoms with Crippen LogP contribution < -0.4 is 14.2 Å². The van der Waals surface area contributed by atoms with E-state index in [2.05, 4.69) is 12.7 Å². The van der Waals surface area contributed by atoms with E-state index in [1.165, 1.54) is 38.0 Å². The van der Waals surface area contributed by atoms with Gasteiger partial charge in [0.25, 0.3) is 0 Å². The highest BCUT2D eigenvalue weighted by molar-refractivity contribution is 6.03. The highest BCUT2D eigenvalue weighted by Crippen LogP contribution is 2.48. The number of phenols is 2. The number of fused-ring (bicyclic) bond motifs is 1. The summed E-state index contributed by atoms with van der Waals surface area (Å²) in [5.74, 6) is 1.02.